The summed E-state index contributed by atoms with van der Waals surface area (Å²) in [5, 5.41) is 31.3. The van der Waals surface area contributed by atoms with E-state index >= 15 is 0 Å². The lowest BCUT2D eigenvalue weighted by atomic mass is 10.1. The lowest BCUT2D eigenvalue weighted by molar-refractivity contribution is 0.435. The number of nitrogens with zero attached hydrogens (tertiary/aromatic N) is 8. The molecule has 0 aliphatic rings. The summed E-state index contributed by atoms with van der Waals surface area (Å²) in [6.45, 7) is 8.76. The van der Waals surface area contributed by atoms with Crippen molar-refractivity contribution in [1.29, 1.82) is 10.5 Å². The maximum atomic E-state index is 9.19. The van der Waals surface area contributed by atoms with Crippen LogP contribution in [0.2, 0.25) is 0 Å². The predicted molar refractivity (Wildman–Crippen MR) is 218 cm³/mol. The van der Waals surface area contributed by atoms with Crippen molar-refractivity contribution in [1.82, 2.24) is 29.9 Å². The van der Waals surface area contributed by atoms with Crippen LogP contribution in [0.25, 0.3) is 0 Å². The molecule has 0 unspecified atom stereocenters. The Labute approximate surface area is 334 Å². The largest absolute Gasteiger partial charge is 0.424 e. The van der Waals surface area contributed by atoms with Gasteiger partial charge in [0.15, 0.2) is 0 Å². The maximum absolute atomic E-state index is 9.19. The molecule has 2 aromatic heterocycles. The standard InChI is InChI=1S/C39H34Br2N12O2/c1-22-16-28(40)17-23(2)32(22)54-38-50-34(48-36(52-38)46-30-10-6-26(20-42)7-11-30)44-14-5-15-45-35-49-37(47-31-12-8-27(21-43)9-13-31)53-39(51-35)55-33-24(3)18-29(41)19-25(33)4/h6-13,16-19H,5,14-15H2,1-4H3,(H2,44,46,48,50,52)(H2,45,47,49,51,53). The van der Waals surface area contributed by atoms with Gasteiger partial charge in [-0.05, 0) is 129 Å². The smallest absolute Gasteiger partial charge is 0.328 e. The molecule has 6 aromatic rings. The van der Waals surface area contributed by atoms with E-state index in [1.165, 1.54) is 0 Å². The van der Waals surface area contributed by atoms with E-state index in [2.05, 4.69) is 95.2 Å². The molecule has 276 valence electrons. The minimum Gasteiger partial charge on any atom is -0.424 e. The molecule has 0 aliphatic carbocycles. The number of aromatic nitrogens is 6. The van der Waals surface area contributed by atoms with Crippen LogP contribution in [0.15, 0.2) is 81.7 Å². The van der Waals surface area contributed by atoms with Gasteiger partial charge in [-0.1, -0.05) is 31.9 Å². The van der Waals surface area contributed by atoms with E-state index in [0.29, 0.717) is 65.4 Å². The second-order valence-corrected chi connectivity index (χ2v) is 14.1. The third kappa shape index (κ3) is 10.4. The van der Waals surface area contributed by atoms with Crippen molar-refractivity contribution in [3.63, 3.8) is 0 Å². The molecule has 16 heteroatoms. The highest BCUT2D eigenvalue weighted by Gasteiger charge is 2.15. The normalized spacial score (nSPS) is 10.5. The fraction of sp³-hybridized carbons (Fsp3) is 0.179. The lowest BCUT2D eigenvalue weighted by Gasteiger charge is -2.14. The van der Waals surface area contributed by atoms with E-state index in [-0.39, 0.29) is 23.9 Å². The summed E-state index contributed by atoms with van der Waals surface area (Å²) in [6, 6.07) is 26.2. The Morgan fingerprint density at radius 1 is 0.527 bits per heavy atom. The summed E-state index contributed by atoms with van der Waals surface area (Å²) in [5.74, 6) is 2.43. The number of hydrogen-bond acceptors (Lipinski definition) is 14. The molecular weight excluding hydrogens is 828 g/mol. The highest BCUT2D eigenvalue weighted by Crippen LogP contribution is 2.32. The fourth-order valence-corrected chi connectivity index (χ4v) is 6.75. The zero-order valence-corrected chi connectivity index (χ0v) is 33.4. The molecule has 0 saturated heterocycles. The predicted octanol–water partition coefficient (Wildman–Crippen LogP) is 9.54. The van der Waals surface area contributed by atoms with Crippen LogP contribution in [-0.4, -0.2) is 43.0 Å². The molecule has 14 nitrogen and oxygen atoms in total. The van der Waals surface area contributed by atoms with Crippen LogP contribution in [0.4, 0.5) is 35.2 Å². The Kier molecular flexibility index (Phi) is 12.3. The molecule has 2 heterocycles. The van der Waals surface area contributed by atoms with Crippen LogP contribution in [0, 0.1) is 50.4 Å². The molecule has 0 fully saturated rings. The van der Waals surface area contributed by atoms with Gasteiger partial charge in [-0.3, -0.25) is 0 Å². The molecule has 0 saturated carbocycles. The van der Waals surface area contributed by atoms with Crippen molar-refractivity contribution < 1.29 is 9.47 Å². The Hall–Kier alpha value is -6.36. The molecule has 6 rings (SSSR count). The second-order valence-electron chi connectivity index (χ2n) is 12.3. The average molecular weight is 863 g/mol. The average Bonchev–Trinajstić information content (AvgIpc) is 3.15. The van der Waals surface area contributed by atoms with E-state index in [4.69, 9.17) is 9.47 Å². The summed E-state index contributed by atoms with van der Waals surface area (Å²) in [7, 11) is 0. The topological polar surface area (TPSA) is 191 Å². The minimum absolute atomic E-state index is 0.108. The van der Waals surface area contributed by atoms with Gasteiger partial charge in [0, 0.05) is 33.4 Å². The second kappa shape index (κ2) is 17.6. The van der Waals surface area contributed by atoms with Gasteiger partial charge in [0.1, 0.15) is 11.5 Å². The van der Waals surface area contributed by atoms with E-state index in [1.807, 2.05) is 52.0 Å². The van der Waals surface area contributed by atoms with Gasteiger partial charge in [-0.25, -0.2) is 0 Å². The van der Waals surface area contributed by atoms with Crippen LogP contribution in [-0.2, 0) is 0 Å². The van der Waals surface area contributed by atoms with Crippen LogP contribution < -0.4 is 30.7 Å². The van der Waals surface area contributed by atoms with Gasteiger partial charge in [0.05, 0.1) is 23.3 Å². The molecule has 0 amide bonds. The number of anilines is 6. The van der Waals surface area contributed by atoms with E-state index in [9.17, 15) is 10.5 Å². The number of hydrogen-bond donors (Lipinski definition) is 4. The summed E-state index contributed by atoms with van der Waals surface area (Å²) in [4.78, 5) is 27.2. The van der Waals surface area contributed by atoms with Gasteiger partial charge in [-0.15, -0.1) is 0 Å². The van der Waals surface area contributed by atoms with Crippen molar-refractivity contribution >= 4 is 67.0 Å². The molecular formula is C39H34Br2N12O2. The first-order valence-electron chi connectivity index (χ1n) is 17.0. The van der Waals surface area contributed by atoms with Crippen LogP contribution in [0.1, 0.15) is 39.8 Å². The maximum Gasteiger partial charge on any atom is 0.328 e. The Balaban J connectivity index is 1.17. The van der Waals surface area contributed by atoms with Gasteiger partial charge in [-0.2, -0.15) is 40.4 Å². The number of nitrogens with one attached hydrogen (secondary N) is 4. The Morgan fingerprint density at radius 2 is 0.873 bits per heavy atom. The molecule has 4 N–H and O–H groups in total. The SMILES string of the molecule is Cc1cc(Br)cc(C)c1Oc1nc(NCCCNc2nc(Nc3ccc(C#N)cc3)nc(Oc3c(C)cc(Br)cc3C)n2)nc(Nc2ccc(C#N)cc2)n1. The number of aryl methyl sites for hydroxylation is 4. The fourth-order valence-electron chi connectivity index (χ4n) is 5.38. The van der Waals surface area contributed by atoms with E-state index in [0.717, 1.165) is 31.2 Å². The van der Waals surface area contributed by atoms with Crippen LogP contribution in [0.5, 0.6) is 23.5 Å². The molecule has 0 spiro atoms. The molecule has 55 heavy (non-hydrogen) atoms. The highest BCUT2D eigenvalue weighted by atomic mass is 79.9. The number of ether oxygens (including phenoxy) is 2. The number of rotatable bonds is 14. The summed E-state index contributed by atoms with van der Waals surface area (Å²) < 4.78 is 14.3. The van der Waals surface area contributed by atoms with Crippen molar-refractivity contribution in [2.24, 2.45) is 0 Å². The summed E-state index contributed by atoms with van der Waals surface area (Å²) in [5.41, 5.74) is 6.13. The Bertz CT molecular complexity index is 2200. The minimum atomic E-state index is 0.108. The monoisotopic (exact) mass is 860 g/mol. The molecule has 0 radical (unpaired) electrons. The van der Waals surface area contributed by atoms with E-state index < -0.39 is 0 Å². The first-order valence-corrected chi connectivity index (χ1v) is 18.6. The zero-order chi connectivity index (χ0) is 38.9. The molecule has 4 aromatic carbocycles. The van der Waals surface area contributed by atoms with Gasteiger partial charge >= 0.3 is 12.0 Å². The third-order valence-electron chi connectivity index (χ3n) is 7.93. The first kappa shape index (κ1) is 38.4. The molecule has 0 bridgehead atoms. The summed E-state index contributed by atoms with van der Waals surface area (Å²) >= 11 is 7.06. The van der Waals surface area contributed by atoms with Gasteiger partial charge in [0.25, 0.3) is 0 Å². The van der Waals surface area contributed by atoms with Crippen molar-refractivity contribution in [3.05, 3.63) is 115 Å². The first-order chi connectivity index (χ1) is 26.5. The van der Waals surface area contributed by atoms with Gasteiger partial charge in [0.2, 0.25) is 23.8 Å². The number of benzene rings is 4. The third-order valence-corrected chi connectivity index (χ3v) is 8.84. The molecule has 0 aliphatic heterocycles. The quantitative estimate of drug-likeness (QED) is 0.0757. The number of halogens is 2. The number of nitriles is 2. The zero-order valence-electron chi connectivity index (χ0n) is 30.2. The van der Waals surface area contributed by atoms with Crippen LogP contribution >= 0.6 is 31.9 Å². The summed E-state index contributed by atoms with van der Waals surface area (Å²) in [6.07, 6.45) is 0.621. The molecule has 0 atom stereocenters. The lowest BCUT2D eigenvalue weighted by Crippen LogP contribution is -2.14. The highest BCUT2D eigenvalue weighted by molar-refractivity contribution is 9.10. The van der Waals surface area contributed by atoms with Crippen molar-refractivity contribution in [2.45, 2.75) is 34.1 Å². The van der Waals surface area contributed by atoms with Crippen LogP contribution in [0.3, 0.4) is 0 Å². The van der Waals surface area contributed by atoms with Crippen molar-refractivity contribution in [3.8, 4) is 35.7 Å². The van der Waals surface area contributed by atoms with Crippen molar-refractivity contribution in [2.75, 3.05) is 34.4 Å². The van der Waals surface area contributed by atoms with Gasteiger partial charge < -0.3 is 30.7 Å². The Morgan fingerprint density at radius 3 is 1.22 bits per heavy atom. The van der Waals surface area contributed by atoms with E-state index in [1.54, 1.807) is 48.5 Å².